The predicted octanol–water partition coefficient (Wildman–Crippen LogP) is 14.9. The van der Waals surface area contributed by atoms with Crippen LogP contribution >= 0.6 is 0 Å². The molecule has 0 atom stereocenters. The lowest BCUT2D eigenvalue weighted by atomic mass is 10.0. The van der Waals surface area contributed by atoms with Crippen molar-refractivity contribution in [2.24, 2.45) is 35.2 Å². The summed E-state index contributed by atoms with van der Waals surface area (Å²) in [4.78, 5) is 0. The second-order valence-electron chi connectivity index (χ2n) is 21.0. The smallest absolute Gasteiger partial charge is 0.201 e. The number of aryl methyl sites for hydroxylation is 12. The van der Waals surface area contributed by atoms with Crippen LogP contribution in [0.2, 0.25) is 0 Å². The summed E-state index contributed by atoms with van der Waals surface area (Å²) >= 11 is 0. The van der Waals surface area contributed by atoms with E-state index >= 15 is 0 Å². The first-order chi connectivity index (χ1) is 39.2. The van der Waals surface area contributed by atoms with E-state index in [-0.39, 0.29) is 0 Å². The Morgan fingerprint density at radius 1 is 0.231 bits per heavy atom. The summed E-state index contributed by atoms with van der Waals surface area (Å²) in [5, 5.41) is 0. The molecule has 10 aromatic rings. The Hall–Kier alpha value is -8.15. The second kappa shape index (κ2) is 27.2. The summed E-state index contributed by atoms with van der Waals surface area (Å²) in [5.74, 6) is 0. The Balaban J connectivity index is 0.000000167. The third kappa shape index (κ3) is 15.7. The summed E-state index contributed by atoms with van der Waals surface area (Å²) in [5.41, 5.74) is 27.0. The van der Waals surface area contributed by atoms with E-state index in [2.05, 4.69) is 172 Å². The van der Waals surface area contributed by atoms with Gasteiger partial charge in [0.05, 0.1) is 0 Å². The summed E-state index contributed by atoms with van der Waals surface area (Å²) in [6.07, 6.45) is 2.77. The van der Waals surface area contributed by atoms with Crippen molar-refractivity contribution in [1.82, 2.24) is 0 Å². The highest BCUT2D eigenvalue weighted by Crippen LogP contribution is 2.25. The van der Waals surface area contributed by atoms with Crippen LogP contribution in [-0.4, -0.2) is 0 Å². The Morgan fingerprint density at radius 3 is 1.03 bits per heavy atom. The molecule has 0 N–H and O–H groups in total. The summed E-state index contributed by atoms with van der Waals surface area (Å²) < 4.78 is 49.3. The molecule has 5 aromatic carbocycles. The maximum absolute atomic E-state index is 8.11. The van der Waals surface area contributed by atoms with E-state index < -0.39 is 0 Å². The summed E-state index contributed by atoms with van der Waals surface area (Å²) in [6.45, 7) is 26.9. The highest BCUT2D eigenvalue weighted by molar-refractivity contribution is 5.65. The fraction of sp³-hybridized carbons (Fsp3) is 0.247. The molecule has 0 saturated heterocycles. The number of hydrogen-bond acceptors (Lipinski definition) is 0. The molecule has 5 nitrogen and oxygen atoms in total. The Kier molecular flexibility index (Phi) is 18.1. The lowest BCUT2D eigenvalue weighted by molar-refractivity contribution is -0.660. The number of hydrogen-bond donors (Lipinski definition) is 0. The number of nitrogens with zero attached hydrogens (tertiary/aromatic N) is 5. The van der Waals surface area contributed by atoms with Gasteiger partial charge in [0.2, 0.25) is 28.5 Å². The molecule has 0 unspecified atom stereocenters. The maximum atomic E-state index is 8.11. The Bertz CT molecular complexity index is 3980. The standard InChI is InChI=1S/3C15H18N.2C14H16N/c1-11-5-7-14(13(3)9-11)15-8-6-12(2)10-16(15)4;1-11-5-6-14(13(3)9-11)15-10-12(2)7-8-16(15)4;1-11-7-5-6-8-14(11)15-9-12(2)13(3)10-16(15)4;1-11-7-8-13(12(2)10-11)14-6-4-5-9-15(14)3;1-11-8-9-15(3)14(10-11)13-7-5-4-6-12(13)2/h3*5-10H,1-4H3;2*4-10H,1-3H3/q5*+1/i10D;8D;10D;2*9D. The molecule has 0 fully saturated rings. The largest absolute Gasteiger partial charge is 0.212 e. The van der Waals surface area contributed by atoms with Crippen molar-refractivity contribution in [3.8, 4) is 56.3 Å². The van der Waals surface area contributed by atoms with Gasteiger partial charge in [0, 0.05) is 87.5 Å². The number of aromatic nitrogens is 5. The molecule has 0 spiro atoms. The van der Waals surface area contributed by atoms with Crippen LogP contribution in [0.1, 0.15) is 79.2 Å². The van der Waals surface area contributed by atoms with E-state index in [4.69, 9.17) is 6.85 Å². The van der Waals surface area contributed by atoms with Gasteiger partial charge in [-0.05, 0) is 177 Å². The van der Waals surface area contributed by atoms with Crippen LogP contribution in [0.3, 0.4) is 0 Å². The zero-order chi connectivity index (χ0) is 61.1. The minimum absolute atomic E-state index is 0.525. The van der Waals surface area contributed by atoms with Gasteiger partial charge in [0.1, 0.15) is 42.1 Å². The van der Waals surface area contributed by atoms with Crippen LogP contribution in [0, 0.1) is 90.0 Å². The van der Waals surface area contributed by atoms with Crippen LogP contribution in [-0.2, 0) is 35.2 Å². The van der Waals surface area contributed by atoms with Gasteiger partial charge in [-0.3, -0.25) is 0 Å². The van der Waals surface area contributed by atoms with Crippen molar-refractivity contribution in [2.75, 3.05) is 0 Å². The van der Waals surface area contributed by atoms with Crippen molar-refractivity contribution < 1.29 is 29.7 Å². The number of rotatable bonds is 5. The van der Waals surface area contributed by atoms with Gasteiger partial charge < -0.3 is 0 Å². The van der Waals surface area contributed by atoms with Crippen molar-refractivity contribution in [3.05, 3.63) is 267 Å². The Morgan fingerprint density at radius 2 is 0.577 bits per heavy atom. The van der Waals surface area contributed by atoms with Crippen molar-refractivity contribution in [3.63, 3.8) is 0 Å². The predicted molar refractivity (Wildman–Crippen MR) is 327 cm³/mol. The van der Waals surface area contributed by atoms with E-state index in [1.54, 1.807) is 6.07 Å². The monoisotopic (exact) mass is 1040 g/mol. The molecule has 5 heteroatoms. The van der Waals surface area contributed by atoms with Crippen LogP contribution < -0.4 is 22.8 Å². The highest BCUT2D eigenvalue weighted by Gasteiger charge is 2.16. The van der Waals surface area contributed by atoms with Crippen LogP contribution in [0.15, 0.2) is 195 Å². The zero-order valence-electron chi connectivity index (χ0n) is 54.8. The number of benzene rings is 5. The van der Waals surface area contributed by atoms with Crippen molar-refractivity contribution in [1.29, 1.82) is 0 Å². The molecule has 0 saturated carbocycles. The lowest BCUT2D eigenvalue weighted by Gasteiger charge is -2.06. The topological polar surface area (TPSA) is 19.4 Å². The molecular formula is C73H86N5+5. The minimum Gasteiger partial charge on any atom is -0.201 e. The molecule has 0 radical (unpaired) electrons. The average Bonchev–Trinajstić information content (AvgIpc) is 3.61. The average molecular weight is 1040 g/mol. The molecule has 10 rings (SSSR count). The molecular weight excluding hydrogens is 947 g/mol. The zero-order valence-corrected chi connectivity index (χ0v) is 49.8. The lowest BCUT2D eigenvalue weighted by Crippen LogP contribution is -2.31. The van der Waals surface area contributed by atoms with Crippen LogP contribution in [0.4, 0.5) is 0 Å². The first-order valence-electron chi connectivity index (χ1n) is 29.4. The van der Waals surface area contributed by atoms with E-state index in [0.717, 1.165) is 50.7 Å². The Labute approximate surface area is 476 Å². The van der Waals surface area contributed by atoms with Gasteiger partial charge >= 0.3 is 0 Å². The van der Waals surface area contributed by atoms with E-state index in [9.17, 15) is 0 Å². The molecule has 5 aromatic heterocycles. The van der Waals surface area contributed by atoms with Crippen LogP contribution in [0.25, 0.3) is 56.3 Å². The maximum Gasteiger partial charge on any atom is 0.212 e. The van der Waals surface area contributed by atoms with E-state index in [1.165, 1.54) is 77.9 Å². The minimum atomic E-state index is 0.525. The second-order valence-corrected chi connectivity index (χ2v) is 21.0. The van der Waals surface area contributed by atoms with Gasteiger partial charge in [0.15, 0.2) is 30.9 Å². The molecule has 0 aliphatic rings. The van der Waals surface area contributed by atoms with Gasteiger partial charge in [-0.1, -0.05) is 89.5 Å². The van der Waals surface area contributed by atoms with Crippen molar-refractivity contribution in [2.45, 2.75) is 90.0 Å². The van der Waals surface area contributed by atoms with E-state index in [1.807, 2.05) is 134 Å². The first-order valence-corrected chi connectivity index (χ1v) is 26.9. The van der Waals surface area contributed by atoms with Gasteiger partial charge in [-0.2, -0.15) is 0 Å². The van der Waals surface area contributed by atoms with E-state index in [0.29, 0.717) is 30.9 Å². The SMILES string of the molecule is [2H]c1c(C)c(C)cc(-c2ccccc2C)[n+]1C.[2H]c1c(C)ccc(-c2ccc(C)cc2C)[n+]1C.[2H]c1cc(C)cc(-c2ccc(C)cc2C)[n+]1C.[2H]c1cc(C)cc(-c2ccccc2C)[n+]1C.[2H]c1cccc(-c2ccc(C)cc2C)[n+]1C. The first kappa shape index (κ1) is 51.9. The molecule has 398 valence electrons. The van der Waals surface area contributed by atoms with Crippen LogP contribution in [0.5, 0.6) is 0 Å². The van der Waals surface area contributed by atoms with Gasteiger partial charge in [-0.25, -0.2) is 22.8 Å². The van der Waals surface area contributed by atoms with Crippen molar-refractivity contribution >= 4 is 0 Å². The van der Waals surface area contributed by atoms with Gasteiger partial charge in [0.25, 0.3) is 0 Å². The highest BCUT2D eigenvalue weighted by atomic mass is 14.9. The molecule has 0 aliphatic carbocycles. The molecule has 5 heterocycles. The summed E-state index contributed by atoms with van der Waals surface area (Å²) in [6, 6.07) is 55.9. The normalized spacial score (nSPS) is 11.3. The third-order valence-electron chi connectivity index (χ3n) is 14.1. The molecule has 0 amide bonds. The molecule has 0 bridgehead atoms. The fourth-order valence-corrected chi connectivity index (χ4v) is 9.55. The molecule has 0 aliphatic heterocycles. The summed E-state index contributed by atoms with van der Waals surface area (Å²) in [7, 11) is 9.71. The molecule has 78 heavy (non-hydrogen) atoms. The fourth-order valence-electron chi connectivity index (χ4n) is 9.55. The van der Waals surface area contributed by atoms with Gasteiger partial charge in [-0.15, -0.1) is 0 Å². The number of pyridine rings is 5. The quantitative estimate of drug-likeness (QED) is 0.153. The third-order valence-corrected chi connectivity index (χ3v) is 14.1.